The summed E-state index contributed by atoms with van der Waals surface area (Å²) in [5.41, 5.74) is 2.10. The van der Waals surface area contributed by atoms with Gasteiger partial charge in [-0.1, -0.05) is 6.07 Å². The fraction of sp³-hybridized carbons (Fsp3) is 0.250. The van der Waals surface area contributed by atoms with Gasteiger partial charge >= 0.3 is 5.97 Å². The monoisotopic (exact) mass is 287 g/mol. The second-order valence-corrected chi connectivity index (χ2v) is 5.19. The molecule has 0 bridgehead atoms. The number of aryl methyl sites for hydroxylation is 1. The second kappa shape index (κ2) is 5.16. The van der Waals surface area contributed by atoms with Gasteiger partial charge in [-0.2, -0.15) is 0 Å². The molecule has 0 spiro atoms. The van der Waals surface area contributed by atoms with Crippen LogP contribution >= 0.6 is 0 Å². The van der Waals surface area contributed by atoms with E-state index < -0.39 is 11.8 Å². The van der Waals surface area contributed by atoms with Crippen molar-refractivity contribution in [1.82, 2.24) is 4.57 Å². The number of rotatable bonds is 3. The quantitative estimate of drug-likeness (QED) is 0.941. The Labute approximate surface area is 120 Å². The van der Waals surface area contributed by atoms with Crippen LogP contribution in [0.5, 0.6) is 0 Å². The molecule has 0 radical (unpaired) electrons. The van der Waals surface area contributed by atoms with Crippen molar-refractivity contribution in [3.05, 3.63) is 68.9 Å². The summed E-state index contributed by atoms with van der Waals surface area (Å²) in [5, 5.41) is 8.98. The van der Waals surface area contributed by atoms with Crippen molar-refractivity contribution in [3.63, 3.8) is 0 Å². The maximum absolute atomic E-state index is 13.9. The lowest BCUT2D eigenvalue weighted by atomic mass is 10.1. The van der Waals surface area contributed by atoms with Gasteiger partial charge in [0.15, 0.2) is 0 Å². The van der Waals surface area contributed by atoms with Gasteiger partial charge in [-0.25, -0.2) is 9.18 Å². The highest BCUT2D eigenvalue weighted by atomic mass is 19.1. The zero-order valence-electron chi connectivity index (χ0n) is 11.3. The molecular weight excluding hydrogens is 273 g/mol. The lowest BCUT2D eigenvalue weighted by molar-refractivity contribution is 0.0696. The number of carboxylic acid groups (broad SMARTS) is 1. The summed E-state index contributed by atoms with van der Waals surface area (Å²) in [6.07, 6.45) is 2.70. The Bertz CT molecular complexity index is 780. The molecule has 0 atom stereocenters. The van der Waals surface area contributed by atoms with Crippen LogP contribution in [0.3, 0.4) is 0 Å². The van der Waals surface area contributed by atoms with Crippen molar-refractivity contribution < 1.29 is 14.3 Å². The number of hydrogen-bond acceptors (Lipinski definition) is 2. The molecule has 0 saturated heterocycles. The molecule has 0 aliphatic heterocycles. The Kier molecular flexibility index (Phi) is 3.33. The van der Waals surface area contributed by atoms with E-state index in [-0.39, 0.29) is 23.2 Å². The molecule has 0 fully saturated rings. The minimum Gasteiger partial charge on any atom is -0.478 e. The number of pyridine rings is 1. The van der Waals surface area contributed by atoms with Crippen molar-refractivity contribution in [3.8, 4) is 0 Å². The molecule has 0 amide bonds. The topological polar surface area (TPSA) is 59.3 Å². The average molecular weight is 287 g/mol. The van der Waals surface area contributed by atoms with E-state index in [4.69, 9.17) is 5.11 Å². The van der Waals surface area contributed by atoms with Crippen molar-refractivity contribution in [2.24, 2.45) is 0 Å². The fourth-order valence-electron chi connectivity index (χ4n) is 2.81. The minimum absolute atomic E-state index is 0.0204. The first-order valence-corrected chi connectivity index (χ1v) is 6.79. The molecule has 1 heterocycles. The Balaban J connectivity index is 2.05. The van der Waals surface area contributed by atoms with E-state index in [1.807, 2.05) is 6.07 Å². The Morgan fingerprint density at radius 1 is 1.24 bits per heavy atom. The van der Waals surface area contributed by atoms with Crippen LogP contribution in [0.2, 0.25) is 0 Å². The standard InChI is InChI=1S/C16H14FNO3/c17-13-6-4-11(16(20)21)8-12(13)9-18-14-3-1-2-10(14)5-7-15(18)19/h4-8H,1-3,9H2,(H,20,21). The fourth-order valence-corrected chi connectivity index (χ4v) is 2.81. The van der Waals surface area contributed by atoms with E-state index in [0.717, 1.165) is 36.6 Å². The predicted molar refractivity (Wildman–Crippen MR) is 75.2 cm³/mol. The first-order chi connectivity index (χ1) is 10.1. The number of carbonyl (C=O) groups is 1. The summed E-state index contributed by atoms with van der Waals surface area (Å²) in [4.78, 5) is 23.0. The molecule has 0 unspecified atom stereocenters. The molecule has 21 heavy (non-hydrogen) atoms. The van der Waals surface area contributed by atoms with E-state index in [1.54, 1.807) is 4.57 Å². The summed E-state index contributed by atoms with van der Waals surface area (Å²) in [5.74, 6) is -1.61. The third-order valence-corrected chi connectivity index (χ3v) is 3.87. The van der Waals surface area contributed by atoms with Crippen molar-refractivity contribution >= 4 is 5.97 Å². The summed E-state index contributed by atoms with van der Waals surface area (Å²) in [6.45, 7) is 0.0644. The zero-order valence-corrected chi connectivity index (χ0v) is 11.3. The number of nitrogens with zero attached hydrogens (tertiary/aromatic N) is 1. The molecule has 3 rings (SSSR count). The lowest BCUT2D eigenvalue weighted by Crippen LogP contribution is -2.23. The van der Waals surface area contributed by atoms with Gasteiger partial charge in [0.1, 0.15) is 5.82 Å². The number of aromatic carboxylic acids is 1. The maximum atomic E-state index is 13.9. The molecule has 1 aliphatic rings. The van der Waals surface area contributed by atoms with Gasteiger partial charge in [0.05, 0.1) is 12.1 Å². The molecule has 5 heteroatoms. The van der Waals surface area contributed by atoms with Gasteiger partial charge in [-0.05, 0) is 43.0 Å². The summed E-state index contributed by atoms with van der Waals surface area (Å²) in [6, 6.07) is 6.96. The van der Waals surface area contributed by atoms with Crippen LogP contribution in [0.4, 0.5) is 4.39 Å². The number of halogens is 1. The third-order valence-electron chi connectivity index (χ3n) is 3.87. The van der Waals surface area contributed by atoms with E-state index >= 15 is 0 Å². The molecule has 1 aliphatic carbocycles. The number of fused-ring (bicyclic) bond motifs is 1. The Morgan fingerprint density at radius 3 is 2.81 bits per heavy atom. The molecule has 1 aromatic carbocycles. The van der Waals surface area contributed by atoms with Crippen LogP contribution in [0.1, 0.15) is 33.6 Å². The summed E-state index contributed by atoms with van der Waals surface area (Å²) >= 11 is 0. The van der Waals surface area contributed by atoms with Gasteiger partial charge in [0.25, 0.3) is 5.56 Å². The average Bonchev–Trinajstić information content (AvgIpc) is 2.92. The number of carboxylic acids is 1. The molecule has 4 nitrogen and oxygen atoms in total. The van der Waals surface area contributed by atoms with Gasteiger partial charge in [-0.15, -0.1) is 0 Å². The van der Waals surface area contributed by atoms with Gasteiger partial charge in [-0.3, -0.25) is 4.79 Å². The molecule has 108 valence electrons. The van der Waals surface area contributed by atoms with E-state index in [0.29, 0.717) is 0 Å². The smallest absolute Gasteiger partial charge is 0.335 e. The van der Waals surface area contributed by atoms with E-state index in [2.05, 4.69) is 0 Å². The third kappa shape index (κ3) is 2.46. The summed E-state index contributed by atoms with van der Waals surface area (Å²) < 4.78 is 15.4. The van der Waals surface area contributed by atoms with Gasteiger partial charge in [0, 0.05) is 17.3 Å². The van der Waals surface area contributed by atoms with Crippen LogP contribution < -0.4 is 5.56 Å². The zero-order chi connectivity index (χ0) is 15.0. The van der Waals surface area contributed by atoms with E-state index in [9.17, 15) is 14.0 Å². The van der Waals surface area contributed by atoms with Crippen LogP contribution in [-0.4, -0.2) is 15.6 Å². The predicted octanol–water partition coefficient (Wildman–Crippen LogP) is 2.22. The maximum Gasteiger partial charge on any atom is 0.335 e. The largest absolute Gasteiger partial charge is 0.478 e. The highest BCUT2D eigenvalue weighted by Crippen LogP contribution is 2.21. The minimum atomic E-state index is -1.11. The lowest BCUT2D eigenvalue weighted by Gasteiger charge is -2.13. The molecule has 1 N–H and O–H groups in total. The first-order valence-electron chi connectivity index (χ1n) is 6.79. The number of hydrogen-bond donors (Lipinski definition) is 1. The van der Waals surface area contributed by atoms with Gasteiger partial charge in [0.2, 0.25) is 0 Å². The van der Waals surface area contributed by atoms with Crippen molar-refractivity contribution in [2.75, 3.05) is 0 Å². The molecular formula is C16H14FNO3. The van der Waals surface area contributed by atoms with Crippen LogP contribution in [0.15, 0.2) is 35.1 Å². The van der Waals surface area contributed by atoms with Crippen LogP contribution in [0, 0.1) is 5.82 Å². The van der Waals surface area contributed by atoms with Crippen LogP contribution in [0.25, 0.3) is 0 Å². The first kappa shape index (κ1) is 13.5. The van der Waals surface area contributed by atoms with Crippen molar-refractivity contribution in [1.29, 1.82) is 0 Å². The Hall–Kier alpha value is -2.43. The highest BCUT2D eigenvalue weighted by molar-refractivity contribution is 5.87. The summed E-state index contributed by atoms with van der Waals surface area (Å²) in [7, 11) is 0. The van der Waals surface area contributed by atoms with Gasteiger partial charge < -0.3 is 9.67 Å². The SMILES string of the molecule is O=C(O)c1ccc(F)c(Cn2c3c(ccc2=O)CCC3)c1. The van der Waals surface area contributed by atoms with E-state index in [1.165, 1.54) is 18.2 Å². The Morgan fingerprint density at radius 2 is 2.05 bits per heavy atom. The second-order valence-electron chi connectivity index (χ2n) is 5.19. The van der Waals surface area contributed by atoms with Crippen molar-refractivity contribution in [2.45, 2.75) is 25.8 Å². The highest BCUT2D eigenvalue weighted by Gasteiger charge is 2.17. The number of benzene rings is 1. The molecule has 0 saturated carbocycles. The molecule has 1 aromatic heterocycles. The van der Waals surface area contributed by atoms with Crippen LogP contribution in [-0.2, 0) is 19.4 Å². The molecule has 2 aromatic rings. The number of aromatic nitrogens is 1. The normalized spacial score (nSPS) is 13.2.